The zero-order valence-electron chi connectivity index (χ0n) is 22.1. The summed E-state index contributed by atoms with van der Waals surface area (Å²) in [5.74, 6) is 0.613. The summed E-state index contributed by atoms with van der Waals surface area (Å²) in [5, 5.41) is 14.6. The van der Waals surface area contributed by atoms with Crippen molar-refractivity contribution in [1.29, 1.82) is 0 Å². The number of halogens is 3. The number of rotatable bonds is 9. The van der Waals surface area contributed by atoms with E-state index < -0.39 is 16.7 Å². The van der Waals surface area contributed by atoms with Gasteiger partial charge in [-0.25, -0.2) is 0 Å². The number of likely N-dealkylation sites (tertiary alicyclic amines) is 2. The molecule has 2 heterocycles. The summed E-state index contributed by atoms with van der Waals surface area (Å²) in [6.45, 7) is 5.74. The molecule has 8 nitrogen and oxygen atoms in total. The van der Waals surface area contributed by atoms with Crippen molar-refractivity contribution in [3.63, 3.8) is 0 Å². The molecular weight excluding hydrogens is 513 g/mol. The molecule has 2 aliphatic rings. The molecule has 2 aromatic rings. The van der Waals surface area contributed by atoms with Crippen LogP contribution in [-0.4, -0.2) is 66.0 Å². The number of carbonyl (C=O) groups excluding carboxylic acids is 1. The van der Waals surface area contributed by atoms with Gasteiger partial charge in [-0.05, 0) is 75.4 Å². The van der Waals surface area contributed by atoms with Crippen molar-refractivity contribution in [3.05, 3.63) is 63.7 Å². The quantitative estimate of drug-likeness (QED) is 0.320. The number of nitro groups is 1. The molecule has 11 heteroatoms. The molecule has 2 aromatic carbocycles. The third-order valence-electron chi connectivity index (χ3n) is 7.61. The second kappa shape index (κ2) is 12.7. The molecule has 39 heavy (non-hydrogen) atoms. The first-order valence-electron chi connectivity index (χ1n) is 13.5. The van der Waals surface area contributed by atoms with Crippen LogP contribution in [0.5, 0.6) is 5.75 Å². The average molecular weight is 549 g/mol. The largest absolute Gasteiger partial charge is 0.487 e. The van der Waals surface area contributed by atoms with Crippen LogP contribution in [0.1, 0.15) is 56.1 Å². The van der Waals surface area contributed by atoms with E-state index in [1.54, 1.807) is 31.2 Å². The number of carbonyl (C=O) groups is 1. The highest BCUT2D eigenvalue weighted by Gasteiger charge is 2.31. The van der Waals surface area contributed by atoms with Crippen molar-refractivity contribution >= 4 is 17.3 Å². The van der Waals surface area contributed by atoms with Crippen LogP contribution in [0.25, 0.3) is 0 Å². The summed E-state index contributed by atoms with van der Waals surface area (Å²) in [6, 6.07) is 10.4. The summed E-state index contributed by atoms with van der Waals surface area (Å²) in [4.78, 5) is 27.7. The summed E-state index contributed by atoms with van der Waals surface area (Å²) in [7, 11) is 0. The van der Waals surface area contributed by atoms with Gasteiger partial charge in [0.25, 0.3) is 0 Å². The van der Waals surface area contributed by atoms with E-state index in [0.29, 0.717) is 32.7 Å². The Labute approximate surface area is 226 Å². The molecule has 0 aliphatic carbocycles. The number of hydrogen-bond donors (Lipinski definition) is 1. The van der Waals surface area contributed by atoms with E-state index in [4.69, 9.17) is 4.74 Å². The molecule has 212 valence electrons. The molecule has 0 bridgehead atoms. The van der Waals surface area contributed by atoms with Gasteiger partial charge in [0.1, 0.15) is 0 Å². The smallest absolute Gasteiger partial charge is 0.416 e. The first kappa shape index (κ1) is 28.7. The maximum absolute atomic E-state index is 12.8. The Morgan fingerprint density at radius 1 is 1.05 bits per heavy atom. The molecule has 2 fully saturated rings. The van der Waals surface area contributed by atoms with Crippen LogP contribution in [-0.2, 0) is 11.0 Å². The van der Waals surface area contributed by atoms with Crippen molar-refractivity contribution in [3.8, 4) is 5.75 Å². The van der Waals surface area contributed by atoms with E-state index in [2.05, 4.69) is 10.2 Å². The second-order valence-corrected chi connectivity index (χ2v) is 10.2. The summed E-state index contributed by atoms with van der Waals surface area (Å²) >= 11 is 0. The highest BCUT2D eigenvalue weighted by atomic mass is 19.4. The van der Waals surface area contributed by atoms with E-state index in [0.717, 1.165) is 62.2 Å². The number of alkyl halides is 3. The molecule has 0 saturated carbocycles. The lowest BCUT2D eigenvalue weighted by Crippen LogP contribution is -2.43. The first-order valence-corrected chi connectivity index (χ1v) is 13.5. The number of ether oxygens (including phenoxy) is 1. The normalized spacial score (nSPS) is 17.7. The Morgan fingerprint density at radius 3 is 2.31 bits per heavy atom. The van der Waals surface area contributed by atoms with Crippen molar-refractivity contribution in [2.24, 2.45) is 0 Å². The van der Waals surface area contributed by atoms with Crippen LogP contribution < -0.4 is 10.1 Å². The Balaban J connectivity index is 1.17. The molecule has 1 N–H and O–H groups in total. The van der Waals surface area contributed by atoms with Gasteiger partial charge in [0.15, 0.2) is 5.75 Å². The van der Waals surface area contributed by atoms with Gasteiger partial charge in [-0.1, -0.05) is 12.1 Å². The fraction of sp³-hybridized carbons (Fsp3) is 0.536. The highest BCUT2D eigenvalue weighted by molar-refractivity contribution is 5.76. The maximum atomic E-state index is 12.8. The number of nitrogens with zero attached hydrogens (tertiary/aromatic N) is 3. The van der Waals surface area contributed by atoms with Gasteiger partial charge in [-0.2, -0.15) is 13.2 Å². The Bertz CT molecular complexity index is 1130. The number of nitro benzene ring substituents is 1. The maximum Gasteiger partial charge on any atom is 0.416 e. The standard InChI is InChI=1S/C28H35F3N4O4/c1-2-39-26-19-24(7-8-25(26)35(37)38)32-23-11-17-34(18-12-23)27(36)13-16-33-14-9-21(10-15-33)20-3-5-22(6-4-20)28(29,30)31/h3-8,19,21,23,32H,2,9-18H2,1H3. The van der Waals surface area contributed by atoms with Crippen LogP contribution in [0.15, 0.2) is 42.5 Å². The number of hydrogen-bond acceptors (Lipinski definition) is 6. The van der Waals surface area contributed by atoms with Crippen molar-refractivity contribution in [2.75, 3.05) is 44.6 Å². The van der Waals surface area contributed by atoms with Crippen LogP contribution in [0, 0.1) is 10.1 Å². The molecule has 0 spiro atoms. The zero-order chi connectivity index (χ0) is 28.0. The topological polar surface area (TPSA) is 88.0 Å². The van der Waals surface area contributed by atoms with E-state index >= 15 is 0 Å². The van der Waals surface area contributed by atoms with Crippen LogP contribution in [0.2, 0.25) is 0 Å². The number of nitrogens with one attached hydrogen (secondary N) is 1. The van der Waals surface area contributed by atoms with Gasteiger partial charge < -0.3 is 19.9 Å². The molecule has 1 amide bonds. The fourth-order valence-electron chi connectivity index (χ4n) is 5.38. The number of benzene rings is 2. The fourth-order valence-corrected chi connectivity index (χ4v) is 5.38. The minimum Gasteiger partial charge on any atom is -0.487 e. The lowest BCUT2D eigenvalue weighted by Gasteiger charge is -2.35. The average Bonchev–Trinajstić information content (AvgIpc) is 2.92. The zero-order valence-corrected chi connectivity index (χ0v) is 22.1. The summed E-state index contributed by atoms with van der Waals surface area (Å²) in [6.07, 6.45) is -0.574. The minimum absolute atomic E-state index is 0.0633. The Kier molecular flexibility index (Phi) is 9.32. The predicted molar refractivity (Wildman–Crippen MR) is 142 cm³/mol. The van der Waals surface area contributed by atoms with Gasteiger partial charge in [0.2, 0.25) is 5.91 Å². The molecular formula is C28H35F3N4O4. The molecule has 2 saturated heterocycles. The summed E-state index contributed by atoms with van der Waals surface area (Å²) in [5.41, 5.74) is 1.02. The molecule has 0 atom stereocenters. The van der Waals surface area contributed by atoms with E-state index in [1.807, 2.05) is 4.90 Å². The van der Waals surface area contributed by atoms with E-state index in [-0.39, 0.29) is 29.3 Å². The Morgan fingerprint density at radius 2 is 1.72 bits per heavy atom. The number of piperidine rings is 2. The lowest BCUT2D eigenvalue weighted by atomic mass is 9.89. The van der Waals surface area contributed by atoms with Crippen LogP contribution >= 0.6 is 0 Å². The number of anilines is 1. The third kappa shape index (κ3) is 7.62. The van der Waals surface area contributed by atoms with Gasteiger partial charge >= 0.3 is 11.9 Å². The van der Waals surface area contributed by atoms with Crippen LogP contribution in [0.4, 0.5) is 24.5 Å². The first-order chi connectivity index (χ1) is 18.6. The second-order valence-electron chi connectivity index (χ2n) is 10.2. The third-order valence-corrected chi connectivity index (χ3v) is 7.61. The van der Waals surface area contributed by atoms with Gasteiger partial charge in [-0.15, -0.1) is 0 Å². The van der Waals surface area contributed by atoms with Gasteiger partial charge in [-0.3, -0.25) is 14.9 Å². The number of amides is 1. The minimum atomic E-state index is -4.32. The molecule has 0 aromatic heterocycles. The predicted octanol–water partition coefficient (Wildman–Crippen LogP) is 5.68. The Hall–Kier alpha value is -3.34. The van der Waals surface area contributed by atoms with Gasteiger partial charge in [0, 0.05) is 49.9 Å². The molecule has 0 radical (unpaired) electrons. The van der Waals surface area contributed by atoms with Gasteiger partial charge in [0.05, 0.1) is 17.1 Å². The lowest BCUT2D eigenvalue weighted by molar-refractivity contribution is -0.385. The van der Waals surface area contributed by atoms with E-state index in [1.165, 1.54) is 6.07 Å². The van der Waals surface area contributed by atoms with Crippen molar-refractivity contribution < 1.29 is 27.6 Å². The highest BCUT2D eigenvalue weighted by Crippen LogP contribution is 2.33. The van der Waals surface area contributed by atoms with Crippen LogP contribution in [0.3, 0.4) is 0 Å². The molecule has 0 unspecified atom stereocenters. The SMILES string of the molecule is CCOc1cc(NC2CCN(C(=O)CCN3CCC(c4ccc(C(F)(F)F)cc4)CC3)CC2)ccc1[N+](=O)[O-]. The van der Waals surface area contributed by atoms with E-state index in [9.17, 15) is 28.1 Å². The van der Waals surface area contributed by atoms with Crippen molar-refractivity contribution in [1.82, 2.24) is 9.80 Å². The molecule has 2 aliphatic heterocycles. The summed E-state index contributed by atoms with van der Waals surface area (Å²) < 4.78 is 43.9. The monoisotopic (exact) mass is 548 g/mol. The molecule has 4 rings (SSSR count). The van der Waals surface area contributed by atoms with Crippen molar-refractivity contribution in [2.45, 2.75) is 57.2 Å².